The number of hydrogen-bond acceptors (Lipinski definition) is 1. The largest absolute Gasteiger partial charge is 0.481 e. The number of benzene rings is 2. The van der Waals surface area contributed by atoms with Gasteiger partial charge < -0.3 is 5.11 Å². The second-order valence-corrected chi connectivity index (χ2v) is 5.44. The highest BCUT2D eigenvalue weighted by Gasteiger charge is 2.19. The van der Waals surface area contributed by atoms with E-state index in [1.165, 1.54) is 0 Å². The molecule has 2 aromatic rings. The van der Waals surface area contributed by atoms with E-state index in [4.69, 9.17) is 11.6 Å². The Bertz CT molecular complexity index is 607. The molecular weight excluding hydrogens is 272 g/mol. The van der Waals surface area contributed by atoms with Crippen LogP contribution in [0.5, 0.6) is 0 Å². The summed E-state index contributed by atoms with van der Waals surface area (Å²) in [6, 6.07) is 15.3. The Morgan fingerprint density at radius 3 is 2.55 bits per heavy atom. The van der Waals surface area contributed by atoms with E-state index < -0.39 is 11.9 Å². The molecule has 1 N–H and O–H groups in total. The second-order valence-electron chi connectivity index (χ2n) is 5.00. The van der Waals surface area contributed by atoms with Crippen molar-refractivity contribution in [3.63, 3.8) is 0 Å². The number of halogens is 1. The lowest BCUT2D eigenvalue weighted by Gasteiger charge is -2.14. The topological polar surface area (TPSA) is 37.3 Å². The van der Waals surface area contributed by atoms with Gasteiger partial charge in [0.2, 0.25) is 0 Å². The number of hydrogen-bond donors (Lipinski definition) is 1. The maximum Gasteiger partial charge on any atom is 0.307 e. The van der Waals surface area contributed by atoms with E-state index in [-0.39, 0.29) is 0 Å². The molecule has 0 heterocycles. The minimum absolute atomic E-state index is 0.436. The first kappa shape index (κ1) is 14.6. The zero-order valence-electron chi connectivity index (χ0n) is 11.3. The third-order valence-electron chi connectivity index (χ3n) is 3.45. The van der Waals surface area contributed by atoms with Crippen LogP contribution in [0, 0.1) is 12.8 Å². The quantitative estimate of drug-likeness (QED) is 0.898. The lowest BCUT2D eigenvalue weighted by Crippen LogP contribution is -2.19. The molecule has 0 radical (unpaired) electrons. The van der Waals surface area contributed by atoms with Crippen LogP contribution in [-0.2, 0) is 17.6 Å². The van der Waals surface area contributed by atoms with E-state index in [0.29, 0.717) is 17.9 Å². The SMILES string of the molecule is Cc1ccccc1CC(Cc1cccc(Cl)c1)C(=O)O. The van der Waals surface area contributed by atoms with Gasteiger partial charge in [-0.2, -0.15) is 0 Å². The summed E-state index contributed by atoms with van der Waals surface area (Å²) in [5.41, 5.74) is 3.17. The van der Waals surface area contributed by atoms with Crippen LogP contribution in [0.4, 0.5) is 0 Å². The van der Waals surface area contributed by atoms with Crippen molar-refractivity contribution in [2.75, 3.05) is 0 Å². The molecule has 0 aliphatic heterocycles. The molecule has 2 nitrogen and oxygen atoms in total. The molecule has 20 heavy (non-hydrogen) atoms. The molecule has 3 heteroatoms. The minimum atomic E-state index is -0.770. The fourth-order valence-corrected chi connectivity index (χ4v) is 2.51. The first-order chi connectivity index (χ1) is 9.56. The van der Waals surface area contributed by atoms with Crippen LogP contribution in [-0.4, -0.2) is 11.1 Å². The highest BCUT2D eigenvalue weighted by atomic mass is 35.5. The van der Waals surface area contributed by atoms with Gasteiger partial charge in [-0.3, -0.25) is 4.79 Å². The molecule has 0 saturated heterocycles. The summed E-state index contributed by atoms with van der Waals surface area (Å²) in [4.78, 5) is 11.5. The highest BCUT2D eigenvalue weighted by Crippen LogP contribution is 2.19. The number of aryl methyl sites for hydroxylation is 1. The summed E-state index contributed by atoms with van der Waals surface area (Å²) >= 11 is 5.95. The van der Waals surface area contributed by atoms with E-state index in [1.54, 1.807) is 6.07 Å². The monoisotopic (exact) mass is 288 g/mol. The van der Waals surface area contributed by atoms with Gasteiger partial charge >= 0.3 is 5.97 Å². The standard InChI is InChI=1S/C17H17ClO2/c1-12-5-2-3-7-14(12)11-15(17(19)20)9-13-6-4-8-16(18)10-13/h2-8,10,15H,9,11H2,1H3,(H,19,20). The number of aliphatic carboxylic acids is 1. The molecule has 0 amide bonds. The summed E-state index contributed by atoms with van der Waals surface area (Å²) in [5.74, 6) is -1.21. The molecule has 2 rings (SSSR count). The van der Waals surface area contributed by atoms with Crippen molar-refractivity contribution in [1.29, 1.82) is 0 Å². The number of rotatable bonds is 5. The van der Waals surface area contributed by atoms with E-state index in [9.17, 15) is 9.90 Å². The maximum atomic E-state index is 11.5. The van der Waals surface area contributed by atoms with Gasteiger partial charge in [-0.25, -0.2) is 0 Å². The van der Waals surface area contributed by atoms with Crippen molar-refractivity contribution in [2.45, 2.75) is 19.8 Å². The van der Waals surface area contributed by atoms with Crippen LogP contribution in [0.3, 0.4) is 0 Å². The summed E-state index contributed by atoms with van der Waals surface area (Å²) in [7, 11) is 0. The molecule has 1 atom stereocenters. The normalized spacial score (nSPS) is 12.1. The van der Waals surface area contributed by atoms with Crippen molar-refractivity contribution in [3.05, 3.63) is 70.2 Å². The van der Waals surface area contributed by atoms with Crippen LogP contribution in [0.2, 0.25) is 5.02 Å². The van der Waals surface area contributed by atoms with Crippen LogP contribution in [0.1, 0.15) is 16.7 Å². The van der Waals surface area contributed by atoms with Crippen LogP contribution < -0.4 is 0 Å². The van der Waals surface area contributed by atoms with Crippen molar-refractivity contribution in [1.82, 2.24) is 0 Å². The van der Waals surface area contributed by atoms with Gasteiger partial charge in [0.1, 0.15) is 0 Å². The third kappa shape index (κ3) is 3.84. The van der Waals surface area contributed by atoms with Crippen LogP contribution in [0.15, 0.2) is 48.5 Å². The molecule has 0 saturated carbocycles. The van der Waals surface area contributed by atoms with Crippen LogP contribution >= 0.6 is 11.6 Å². The third-order valence-corrected chi connectivity index (χ3v) is 3.68. The second kappa shape index (κ2) is 6.58. The number of carboxylic acid groups (broad SMARTS) is 1. The van der Waals surface area contributed by atoms with E-state index in [2.05, 4.69) is 0 Å². The molecular formula is C17H17ClO2. The Hall–Kier alpha value is -1.80. The smallest absolute Gasteiger partial charge is 0.307 e. The molecule has 0 aliphatic rings. The van der Waals surface area contributed by atoms with Gasteiger partial charge in [0.25, 0.3) is 0 Å². The van der Waals surface area contributed by atoms with Gasteiger partial charge in [-0.15, -0.1) is 0 Å². The van der Waals surface area contributed by atoms with Gasteiger partial charge in [0.15, 0.2) is 0 Å². The Morgan fingerprint density at radius 2 is 1.90 bits per heavy atom. The summed E-state index contributed by atoms with van der Waals surface area (Å²) in [6.07, 6.45) is 1.03. The fraction of sp³-hybridized carbons (Fsp3) is 0.235. The Labute approximate surface area is 124 Å². The van der Waals surface area contributed by atoms with Gasteiger partial charge in [0, 0.05) is 5.02 Å². The molecule has 1 unspecified atom stereocenters. The van der Waals surface area contributed by atoms with E-state index in [1.807, 2.05) is 49.4 Å². The average molecular weight is 289 g/mol. The van der Waals surface area contributed by atoms with E-state index >= 15 is 0 Å². The highest BCUT2D eigenvalue weighted by molar-refractivity contribution is 6.30. The Kier molecular flexibility index (Phi) is 4.80. The Morgan fingerprint density at radius 1 is 1.15 bits per heavy atom. The summed E-state index contributed by atoms with van der Waals surface area (Å²) in [5, 5.41) is 10.1. The zero-order valence-corrected chi connectivity index (χ0v) is 12.1. The fourth-order valence-electron chi connectivity index (χ4n) is 2.30. The van der Waals surface area contributed by atoms with Gasteiger partial charge in [0.05, 0.1) is 5.92 Å². The van der Waals surface area contributed by atoms with E-state index in [0.717, 1.165) is 16.7 Å². The predicted molar refractivity (Wildman–Crippen MR) is 81.2 cm³/mol. The first-order valence-electron chi connectivity index (χ1n) is 6.58. The number of carboxylic acids is 1. The lowest BCUT2D eigenvalue weighted by molar-refractivity contribution is -0.141. The summed E-state index contributed by atoms with van der Waals surface area (Å²) < 4.78 is 0. The lowest BCUT2D eigenvalue weighted by atomic mass is 9.91. The molecule has 0 spiro atoms. The van der Waals surface area contributed by atoms with Crippen LogP contribution in [0.25, 0.3) is 0 Å². The van der Waals surface area contributed by atoms with Gasteiger partial charge in [-0.05, 0) is 48.6 Å². The molecule has 2 aromatic carbocycles. The molecule has 0 aliphatic carbocycles. The van der Waals surface area contributed by atoms with Crippen molar-refractivity contribution in [3.8, 4) is 0 Å². The maximum absolute atomic E-state index is 11.5. The molecule has 0 aromatic heterocycles. The van der Waals surface area contributed by atoms with Crippen molar-refractivity contribution in [2.24, 2.45) is 5.92 Å². The van der Waals surface area contributed by atoms with Gasteiger partial charge in [-0.1, -0.05) is 48.0 Å². The molecule has 104 valence electrons. The Balaban J connectivity index is 2.16. The molecule has 0 fully saturated rings. The van der Waals surface area contributed by atoms with Crippen molar-refractivity contribution < 1.29 is 9.90 Å². The van der Waals surface area contributed by atoms with Crippen molar-refractivity contribution >= 4 is 17.6 Å². The minimum Gasteiger partial charge on any atom is -0.481 e. The number of carbonyl (C=O) groups is 1. The first-order valence-corrected chi connectivity index (χ1v) is 6.96. The molecule has 0 bridgehead atoms. The predicted octanol–water partition coefficient (Wildman–Crippen LogP) is 4.13. The average Bonchev–Trinajstić information content (AvgIpc) is 2.40. The zero-order chi connectivity index (χ0) is 14.5. The summed E-state index contributed by atoms with van der Waals surface area (Å²) in [6.45, 7) is 2.01.